The number of hydrogen-bond donors (Lipinski definition) is 1. The number of oxazole rings is 1. The molecule has 1 saturated heterocycles. The van der Waals surface area contributed by atoms with Gasteiger partial charge in [0.1, 0.15) is 0 Å². The molecule has 1 N–H and O–H groups in total. The zero-order chi connectivity index (χ0) is 20.8. The fraction of sp³-hybridized carbons (Fsp3) is 0.450. The number of nitrogens with one attached hydrogen (secondary N) is 1. The van der Waals surface area contributed by atoms with Crippen LogP contribution in [0.25, 0.3) is 0 Å². The highest BCUT2D eigenvalue weighted by Crippen LogP contribution is 2.36. The van der Waals surface area contributed by atoms with Crippen LogP contribution >= 0.6 is 0 Å². The quantitative estimate of drug-likeness (QED) is 0.780. The van der Waals surface area contributed by atoms with Crippen molar-refractivity contribution in [3.05, 3.63) is 40.8 Å². The van der Waals surface area contributed by atoms with Gasteiger partial charge in [-0.1, -0.05) is 19.1 Å². The molecule has 6 nitrogen and oxygen atoms in total. The zero-order valence-corrected chi connectivity index (χ0v) is 15.8. The predicted octanol–water partition coefficient (Wildman–Crippen LogP) is 3.85. The highest BCUT2D eigenvalue weighted by atomic mass is 19.4. The predicted molar refractivity (Wildman–Crippen MR) is 98.9 cm³/mol. The van der Waals surface area contributed by atoms with Crippen LogP contribution in [0.4, 0.5) is 24.9 Å². The van der Waals surface area contributed by atoms with Gasteiger partial charge in [0, 0.05) is 25.2 Å². The molecule has 154 valence electrons. The summed E-state index contributed by atoms with van der Waals surface area (Å²) in [6, 6.07) is 4.76. The Labute approximate surface area is 165 Å². The number of nitrogens with zero attached hydrogens (tertiary/aromatic N) is 2. The summed E-state index contributed by atoms with van der Waals surface area (Å²) < 4.78 is 45.8. The summed E-state index contributed by atoms with van der Waals surface area (Å²) in [6.45, 7) is 3.10. The molecular weight excluding hydrogens is 387 g/mol. The van der Waals surface area contributed by atoms with Gasteiger partial charge in [-0.25, -0.2) is 0 Å². The summed E-state index contributed by atoms with van der Waals surface area (Å²) in [5.41, 5.74) is 0.608. The average Bonchev–Trinajstić information content (AvgIpc) is 3.24. The lowest BCUT2D eigenvalue weighted by Crippen LogP contribution is -2.34. The number of Topliss-reactive ketones (excluding diaryl/α,β-unsaturated/α-hetero) is 1. The second-order valence-electron chi connectivity index (χ2n) is 7.68. The molecule has 1 aromatic carbocycles. The van der Waals surface area contributed by atoms with Crippen molar-refractivity contribution in [3.8, 4) is 0 Å². The Bertz CT molecular complexity index is 968. The minimum Gasteiger partial charge on any atom is -0.420 e. The highest BCUT2D eigenvalue weighted by molar-refractivity contribution is 6.00. The number of carbonyl (C=O) groups is 2. The molecule has 0 aliphatic carbocycles. The van der Waals surface area contributed by atoms with Gasteiger partial charge in [-0.15, -0.1) is 0 Å². The summed E-state index contributed by atoms with van der Waals surface area (Å²) in [7, 11) is 0. The normalized spacial score (nSPS) is 19.2. The fourth-order valence-corrected chi connectivity index (χ4v) is 3.85. The first-order valence-corrected chi connectivity index (χ1v) is 9.48. The monoisotopic (exact) mass is 407 g/mol. The minimum absolute atomic E-state index is 0.154. The number of carbonyl (C=O) groups excluding carboxylic acids is 2. The Morgan fingerprint density at radius 1 is 1.38 bits per heavy atom. The molecule has 9 heteroatoms. The van der Waals surface area contributed by atoms with Crippen molar-refractivity contribution in [1.29, 1.82) is 0 Å². The smallest absolute Gasteiger partial charge is 0.420 e. The van der Waals surface area contributed by atoms with Gasteiger partial charge in [0.2, 0.25) is 17.5 Å². The van der Waals surface area contributed by atoms with Crippen molar-refractivity contribution >= 4 is 23.4 Å². The van der Waals surface area contributed by atoms with Gasteiger partial charge in [0.15, 0.2) is 5.69 Å². The highest BCUT2D eigenvalue weighted by Gasteiger charge is 2.42. The number of fused-ring (bicyclic) bond motifs is 1. The average molecular weight is 407 g/mol. The number of aromatic nitrogens is 1. The van der Waals surface area contributed by atoms with E-state index < -0.39 is 23.4 Å². The number of benzene rings is 1. The third-order valence-corrected chi connectivity index (χ3v) is 5.22. The molecule has 4 rings (SSSR count). The van der Waals surface area contributed by atoms with Crippen molar-refractivity contribution < 1.29 is 27.2 Å². The number of amides is 1. The molecule has 2 aliphatic heterocycles. The van der Waals surface area contributed by atoms with Gasteiger partial charge < -0.3 is 14.6 Å². The van der Waals surface area contributed by atoms with Gasteiger partial charge in [0.25, 0.3) is 6.01 Å². The maximum Gasteiger partial charge on any atom is 0.437 e. The van der Waals surface area contributed by atoms with E-state index >= 15 is 0 Å². The van der Waals surface area contributed by atoms with Gasteiger partial charge in [-0.05, 0) is 36.0 Å². The molecule has 2 aliphatic rings. The maximum absolute atomic E-state index is 13.5. The topological polar surface area (TPSA) is 75.4 Å². The number of ketones is 1. The van der Waals surface area contributed by atoms with E-state index in [2.05, 4.69) is 10.3 Å². The number of rotatable bonds is 4. The van der Waals surface area contributed by atoms with Crippen LogP contribution in [-0.4, -0.2) is 29.8 Å². The van der Waals surface area contributed by atoms with Crippen molar-refractivity contribution in [3.63, 3.8) is 0 Å². The third-order valence-electron chi connectivity index (χ3n) is 5.22. The van der Waals surface area contributed by atoms with E-state index in [4.69, 9.17) is 4.42 Å². The summed E-state index contributed by atoms with van der Waals surface area (Å²) in [6.07, 6.45) is -3.05. The van der Waals surface area contributed by atoms with E-state index in [1.807, 2.05) is 6.92 Å². The maximum atomic E-state index is 13.5. The number of piperidine rings is 1. The van der Waals surface area contributed by atoms with Crippen LogP contribution in [0.5, 0.6) is 0 Å². The molecular formula is C20H20F3N3O3. The molecule has 0 saturated carbocycles. The van der Waals surface area contributed by atoms with Crippen molar-refractivity contribution in [2.75, 3.05) is 23.3 Å². The van der Waals surface area contributed by atoms with E-state index in [9.17, 15) is 22.8 Å². The Morgan fingerprint density at radius 2 is 2.17 bits per heavy atom. The molecule has 2 aromatic rings. The SMILES string of the molecule is CC1CCCN(c2nc(C(F)(F)F)c(C(=O)Cc3ccc4c(c3)CC(=O)N4)o2)C1. The van der Waals surface area contributed by atoms with Crippen LogP contribution in [0.2, 0.25) is 0 Å². The van der Waals surface area contributed by atoms with E-state index in [1.54, 1.807) is 23.1 Å². The first-order valence-electron chi connectivity index (χ1n) is 9.48. The Kier molecular flexibility index (Phi) is 4.84. The summed E-state index contributed by atoms with van der Waals surface area (Å²) in [5.74, 6) is -1.40. The van der Waals surface area contributed by atoms with Crippen LogP contribution in [0, 0.1) is 5.92 Å². The lowest BCUT2D eigenvalue weighted by atomic mass is 10.0. The van der Waals surface area contributed by atoms with Gasteiger partial charge in [-0.2, -0.15) is 18.2 Å². The molecule has 0 spiro atoms. The lowest BCUT2D eigenvalue weighted by molar-refractivity contribution is -0.141. The van der Waals surface area contributed by atoms with Crippen LogP contribution < -0.4 is 10.2 Å². The summed E-state index contributed by atoms with van der Waals surface area (Å²) >= 11 is 0. The molecule has 1 aromatic heterocycles. The fourth-order valence-electron chi connectivity index (χ4n) is 3.85. The Balaban J connectivity index is 1.60. The zero-order valence-electron chi connectivity index (χ0n) is 15.8. The van der Waals surface area contributed by atoms with Crippen LogP contribution in [0.1, 0.15) is 47.1 Å². The van der Waals surface area contributed by atoms with E-state index in [0.717, 1.165) is 18.4 Å². The van der Waals surface area contributed by atoms with Gasteiger partial charge in [0.05, 0.1) is 6.42 Å². The van der Waals surface area contributed by atoms with Crippen molar-refractivity contribution in [1.82, 2.24) is 4.98 Å². The Morgan fingerprint density at radius 3 is 2.90 bits per heavy atom. The molecule has 1 amide bonds. The minimum atomic E-state index is -4.79. The standard InChI is InChI=1S/C20H20F3N3O3/c1-11-3-2-6-26(10-11)19-25-18(20(21,22)23)17(29-19)15(27)8-12-4-5-14-13(7-12)9-16(28)24-14/h4-5,7,11H,2-3,6,8-10H2,1H3,(H,24,28). The molecule has 29 heavy (non-hydrogen) atoms. The number of anilines is 2. The second-order valence-corrected chi connectivity index (χ2v) is 7.68. The third kappa shape index (κ3) is 3.99. The van der Waals surface area contributed by atoms with Gasteiger partial charge >= 0.3 is 6.18 Å². The molecule has 0 radical (unpaired) electrons. The number of alkyl halides is 3. The van der Waals surface area contributed by atoms with E-state index in [-0.39, 0.29) is 24.8 Å². The lowest BCUT2D eigenvalue weighted by Gasteiger charge is -2.29. The molecule has 3 heterocycles. The molecule has 1 fully saturated rings. The number of halogens is 3. The second kappa shape index (κ2) is 7.20. The van der Waals surface area contributed by atoms with Crippen LogP contribution in [-0.2, 0) is 23.8 Å². The van der Waals surface area contributed by atoms with E-state index in [1.165, 1.54) is 0 Å². The van der Waals surface area contributed by atoms with Crippen molar-refractivity contribution in [2.45, 2.75) is 38.8 Å². The molecule has 1 unspecified atom stereocenters. The summed E-state index contributed by atoms with van der Waals surface area (Å²) in [4.78, 5) is 29.4. The van der Waals surface area contributed by atoms with Gasteiger partial charge in [-0.3, -0.25) is 9.59 Å². The molecule has 0 bridgehead atoms. The number of hydrogen-bond acceptors (Lipinski definition) is 5. The first-order chi connectivity index (χ1) is 13.7. The van der Waals surface area contributed by atoms with Crippen LogP contribution in [0.3, 0.4) is 0 Å². The van der Waals surface area contributed by atoms with Crippen LogP contribution in [0.15, 0.2) is 22.6 Å². The molecule has 1 atom stereocenters. The Hall–Kier alpha value is -2.84. The summed E-state index contributed by atoms with van der Waals surface area (Å²) in [5, 5.41) is 2.68. The van der Waals surface area contributed by atoms with Crippen molar-refractivity contribution in [2.24, 2.45) is 5.92 Å². The first kappa shape index (κ1) is 19.5. The van der Waals surface area contributed by atoms with E-state index in [0.29, 0.717) is 30.3 Å². The largest absolute Gasteiger partial charge is 0.437 e.